The first kappa shape index (κ1) is 9.25. The molecule has 0 saturated heterocycles. The molecule has 2 heteroatoms. The highest BCUT2D eigenvalue weighted by atomic mass is 16.1. The third-order valence-corrected chi connectivity index (χ3v) is 2.89. The number of hydrogen-bond acceptors (Lipinski definition) is 2. The van der Waals surface area contributed by atoms with Gasteiger partial charge in [-0.2, -0.15) is 0 Å². The lowest BCUT2D eigenvalue weighted by Gasteiger charge is -2.23. The number of ketones is 1. The van der Waals surface area contributed by atoms with E-state index < -0.39 is 0 Å². The number of anilines is 1. The Balaban J connectivity index is 1.99. The van der Waals surface area contributed by atoms with Crippen LogP contribution in [0.3, 0.4) is 0 Å². The van der Waals surface area contributed by atoms with Crippen molar-refractivity contribution in [2.24, 2.45) is 5.92 Å². The Hall–Kier alpha value is -1.31. The number of carbonyl (C=O) groups excluding carboxylic acids is 1. The van der Waals surface area contributed by atoms with Gasteiger partial charge < -0.3 is 5.73 Å². The monoisotopic (exact) mass is 189 g/mol. The average Bonchev–Trinajstić information content (AvgIpc) is 1.99. The molecule has 0 aromatic heterocycles. The van der Waals surface area contributed by atoms with E-state index in [0.29, 0.717) is 18.1 Å². The minimum Gasteiger partial charge on any atom is -0.399 e. The largest absolute Gasteiger partial charge is 0.399 e. The summed E-state index contributed by atoms with van der Waals surface area (Å²) in [6, 6.07) is 7.60. The molecule has 0 amide bonds. The minimum atomic E-state index is 0.330. The maximum absolute atomic E-state index is 11.7. The van der Waals surface area contributed by atoms with Crippen LogP contribution in [0.15, 0.2) is 24.3 Å². The number of nitrogen functional groups attached to an aromatic ring is 1. The fourth-order valence-electron chi connectivity index (χ4n) is 1.78. The van der Waals surface area contributed by atoms with Gasteiger partial charge >= 0.3 is 0 Å². The lowest BCUT2D eigenvalue weighted by molar-refractivity contribution is -0.124. The van der Waals surface area contributed by atoms with E-state index in [4.69, 9.17) is 5.73 Å². The molecule has 2 nitrogen and oxygen atoms in total. The molecular weight excluding hydrogens is 174 g/mol. The number of hydrogen-bond donors (Lipinski definition) is 1. The second kappa shape index (κ2) is 3.82. The van der Waals surface area contributed by atoms with Crippen LogP contribution >= 0.6 is 0 Å². The smallest absolute Gasteiger partial charge is 0.140 e. The predicted octanol–water partition coefficient (Wildman–Crippen LogP) is 2.18. The number of rotatable bonds is 3. The molecule has 1 aliphatic carbocycles. The van der Waals surface area contributed by atoms with Crippen molar-refractivity contribution in [1.82, 2.24) is 0 Å². The van der Waals surface area contributed by atoms with Gasteiger partial charge in [0, 0.05) is 18.0 Å². The quantitative estimate of drug-likeness (QED) is 0.740. The molecule has 0 radical (unpaired) electrons. The molecule has 1 aliphatic rings. The van der Waals surface area contributed by atoms with E-state index in [1.54, 1.807) is 0 Å². The van der Waals surface area contributed by atoms with Gasteiger partial charge in [-0.05, 0) is 30.5 Å². The standard InChI is InChI=1S/C12H15NO/c13-11-6-1-3-9(7-11)8-12(14)10-4-2-5-10/h1,3,6-7,10H,2,4-5,8,13H2. The zero-order chi connectivity index (χ0) is 9.97. The topological polar surface area (TPSA) is 43.1 Å². The van der Waals surface area contributed by atoms with Gasteiger partial charge in [0.15, 0.2) is 0 Å². The Bertz CT molecular complexity index is 342. The molecule has 1 fully saturated rings. The summed E-state index contributed by atoms with van der Waals surface area (Å²) in [6.07, 6.45) is 3.94. The maximum atomic E-state index is 11.7. The first-order valence-electron chi connectivity index (χ1n) is 5.13. The maximum Gasteiger partial charge on any atom is 0.140 e. The molecule has 0 bridgehead atoms. The van der Waals surface area contributed by atoms with Crippen molar-refractivity contribution >= 4 is 11.5 Å². The van der Waals surface area contributed by atoms with Crippen LogP contribution in [0.25, 0.3) is 0 Å². The lowest BCUT2D eigenvalue weighted by atomic mass is 9.80. The summed E-state index contributed by atoms with van der Waals surface area (Å²) >= 11 is 0. The van der Waals surface area contributed by atoms with Crippen molar-refractivity contribution < 1.29 is 4.79 Å². The fourth-order valence-corrected chi connectivity index (χ4v) is 1.78. The van der Waals surface area contributed by atoms with E-state index in [9.17, 15) is 4.79 Å². The number of benzene rings is 1. The average molecular weight is 189 g/mol. The molecule has 0 unspecified atom stereocenters. The van der Waals surface area contributed by atoms with E-state index in [1.165, 1.54) is 6.42 Å². The van der Waals surface area contributed by atoms with Gasteiger partial charge in [0.2, 0.25) is 0 Å². The zero-order valence-electron chi connectivity index (χ0n) is 8.20. The Morgan fingerprint density at radius 3 is 2.79 bits per heavy atom. The van der Waals surface area contributed by atoms with Crippen molar-refractivity contribution in [3.8, 4) is 0 Å². The number of nitrogens with two attached hydrogens (primary N) is 1. The summed E-state index contributed by atoms with van der Waals surface area (Å²) < 4.78 is 0. The first-order valence-corrected chi connectivity index (χ1v) is 5.13. The molecule has 1 saturated carbocycles. The van der Waals surface area contributed by atoms with Crippen molar-refractivity contribution in [2.75, 3.05) is 5.73 Å². The lowest BCUT2D eigenvalue weighted by Crippen LogP contribution is -2.23. The zero-order valence-corrected chi connectivity index (χ0v) is 8.20. The van der Waals surface area contributed by atoms with Crippen LogP contribution in [0.1, 0.15) is 24.8 Å². The second-order valence-electron chi connectivity index (χ2n) is 4.02. The third-order valence-electron chi connectivity index (χ3n) is 2.89. The van der Waals surface area contributed by atoms with Crippen LogP contribution < -0.4 is 5.73 Å². The van der Waals surface area contributed by atoms with Gasteiger partial charge in [-0.25, -0.2) is 0 Å². The van der Waals surface area contributed by atoms with E-state index in [0.717, 1.165) is 24.1 Å². The number of carbonyl (C=O) groups is 1. The van der Waals surface area contributed by atoms with E-state index in [-0.39, 0.29) is 0 Å². The van der Waals surface area contributed by atoms with Crippen LogP contribution in [0.5, 0.6) is 0 Å². The number of Topliss-reactive ketones (excluding diaryl/α,β-unsaturated/α-hetero) is 1. The summed E-state index contributed by atoms with van der Waals surface area (Å²) in [4.78, 5) is 11.7. The highest BCUT2D eigenvalue weighted by Gasteiger charge is 2.24. The molecule has 0 spiro atoms. The molecule has 0 aliphatic heterocycles. The first-order chi connectivity index (χ1) is 6.75. The highest BCUT2D eigenvalue weighted by molar-refractivity contribution is 5.84. The Morgan fingerprint density at radius 2 is 2.21 bits per heavy atom. The summed E-state index contributed by atoms with van der Waals surface area (Å²) in [7, 11) is 0. The minimum absolute atomic E-state index is 0.330. The Labute approximate surface area is 84.1 Å². The molecular formula is C12H15NO. The van der Waals surface area contributed by atoms with Gasteiger partial charge in [0.05, 0.1) is 0 Å². The molecule has 0 heterocycles. The third kappa shape index (κ3) is 1.95. The molecule has 14 heavy (non-hydrogen) atoms. The van der Waals surface area contributed by atoms with Crippen LogP contribution in [-0.4, -0.2) is 5.78 Å². The van der Waals surface area contributed by atoms with Gasteiger partial charge in [-0.15, -0.1) is 0 Å². The van der Waals surface area contributed by atoms with Gasteiger partial charge in [-0.3, -0.25) is 4.79 Å². The Kier molecular flexibility index (Phi) is 2.53. The van der Waals surface area contributed by atoms with Crippen LogP contribution in [0.2, 0.25) is 0 Å². The van der Waals surface area contributed by atoms with Gasteiger partial charge in [0.1, 0.15) is 5.78 Å². The molecule has 2 N–H and O–H groups in total. The fraction of sp³-hybridized carbons (Fsp3) is 0.417. The SMILES string of the molecule is Nc1cccc(CC(=O)C2CCC2)c1. The predicted molar refractivity (Wildman–Crippen MR) is 56.9 cm³/mol. The summed E-state index contributed by atoms with van der Waals surface area (Å²) in [5.74, 6) is 0.707. The van der Waals surface area contributed by atoms with Crippen LogP contribution in [0, 0.1) is 5.92 Å². The summed E-state index contributed by atoms with van der Waals surface area (Å²) in [5, 5.41) is 0. The molecule has 0 atom stereocenters. The summed E-state index contributed by atoms with van der Waals surface area (Å²) in [6.45, 7) is 0. The van der Waals surface area contributed by atoms with Crippen molar-refractivity contribution in [1.29, 1.82) is 0 Å². The molecule has 1 aromatic carbocycles. The van der Waals surface area contributed by atoms with E-state index in [1.807, 2.05) is 24.3 Å². The molecule has 2 rings (SSSR count). The van der Waals surface area contributed by atoms with Gasteiger partial charge in [-0.1, -0.05) is 18.6 Å². The van der Waals surface area contributed by atoms with Crippen molar-refractivity contribution in [3.63, 3.8) is 0 Å². The van der Waals surface area contributed by atoms with Gasteiger partial charge in [0.25, 0.3) is 0 Å². The van der Waals surface area contributed by atoms with E-state index in [2.05, 4.69) is 0 Å². The molecule has 1 aromatic rings. The van der Waals surface area contributed by atoms with Crippen LogP contribution in [0.4, 0.5) is 5.69 Å². The Morgan fingerprint density at radius 1 is 1.43 bits per heavy atom. The molecule has 74 valence electrons. The van der Waals surface area contributed by atoms with E-state index >= 15 is 0 Å². The highest BCUT2D eigenvalue weighted by Crippen LogP contribution is 2.28. The van der Waals surface area contributed by atoms with Crippen LogP contribution in [-0.2, 0) is 11.2 Å². The summed E-state index contributed by atoms with van der Waals surface area (Å²) in [5.41, 5.74) is 7.43. The van der Waals surface area contributed by atoms with Crippen molar-refractivity contribution in [2.45, 2.75) is 25.7 Å². The van der Waals surface area contributed by atoms with Crippen molar-refractivity contribution in [3.05, 3.63) is 29.8 Å². The normalized spacial score (nSPS) is 16.3. The second-order valence-corrected chi connectivity index (χ2v) is 4.02.